The lowest BCUT2D eigenvalue weighted by Crippen LogP contribution is -2.31. The number of aromatic nitrogens is 3. The number of rotatable bonds is 4. The molecule has 112 valence electrons. The highest BCUT2D eigenvalue weighted by molar-refractivity contribution is 5.73. The first kappa shape index (κ1) is 14.1. The molecule has 1 aromatic carbocycles. The number of hydrogen-bond acceptors (Lipinski definition) is 4. The summed E-state index contributed by atoms with van der Waals surface area (Å²) in [4.78, 5) is 2.52. The lowest BCUT2D eigenvalue weighted by atomic mass is 10.1. The van der Waals surface area contributed by atoms with E-state index >= 15 is 0 Å². The van der Waals surface area contributed by atoms with Gasteiger partial charge in [0.05, 0.1) is 0 Å². The van der Waals surface area contributed by atoms with Crippen molar-refractivity contribution < 1.29 is 0 Å². The van der Waals surface area contributed by atoms with Crippen molar-refractivity contribution >= 4 is 5.69 Å². The van der Waals surface area contributed by atoms with E-state index in [9.17, 15) is 0 Å². The number of nitrogens with one attached hydrogen (secondary N) is 1. The number of para-hydroxylation sites is 1. The van der Waals surface area contributed by atoms with Crippen molar-refractivity contribution in [2.75, 3.05) is 18.4 Å². The van der Waals surface area contributed by atoms with Crippen LogP contribution < -0.4 is 5.32 Å². The van der Waals surface area contributed by atoms with Crippen molar-refractivity contribution in [2.45, 2.75) is 32.4 Å². The van der Waals surface area contributed by atoms with Gasteiger partial charge >= 0.3 is 0 Å². The number of likely N-dealkylation sites (tertiary alicyclic amines) is 1. The lowest BCUT2D eigenvalue weighted by molar-refractivity contribution is 0.274. The molecule has 0 amide bonds. The van der Waals surface area contributed by atoms with Gasteiger partial charge in [0.15, 0.2) is 5.82 Å². The number of hydrogen-bond donors (Lipinski definition) is 1. The molecule has 1 fully saturated rings. The van der Waals surface area contributed by atoms with Gasteiger partial charge in [-0.2, -0.15) is 0 Å². The van der Waals surface area contributed by atoms with Crippen LogP contribution in [0.5, 0.6) is 0 Å². The predicted octanol–water partition coefficient (Wildman–Crippen LogP) is 2.38. The van der Waals surface area contributed by atoms with Crippen LogP contribution in [0.1, 0.15) is 20.3 Å². The number of benzene rings is 1. The quantitative estimate of drug-likeness (QED) is 0.937. The van der Waals surface area contributed by atoms with Crippen LogP contribution in [0.3, 0.4) is 0 Å². The maximum absolute atomic E-state index is 4.23. The van der Waals surface area contributed by atoms with E-state index in [1.54, 1.807) is 6.33 Å². The smallest absolute Gasteiger partial charge is 0.165 e. The Bertz CT molecular complexity index is 604. The molecule has 0 bridgehead atoms. The zero-order chi connectivity index (χ0) is 14.8. The Morgan fingerprint density at radius 2 is 2.10 bits per heavy atom. The van der Waals surface area contributed by atoms with Crippen LogP contribution in [0.15, 0.2) is 30.6 Å². The maximum Gasteiger partial charge on any atom is 0.165 e. The number of nitrogens with zero attached hydrogens (tertiary/aromatic N) is 4. The molecule has 1 atom stereocenters. The highest BCUT2D eigenvalue weighted by atomic mass is 15.3. The SMILES string of the molecule is CC(C)N1CCC(Nc2ccccc2-c2nncn2C)C1. The molecule has 1 aromatic heterocycles. The molecule has 0 spiro atoms. The average Bonchev–Trinajstić information content (AvgIpc) is 3.09. The van der Waals surface area contributed by atoms with Gasteiger partial charge in [0.25, 0.3) is 0 Å². The van der Waals surface area contributed by atoms with Crippen molar-refractivity contribution in [2.24, 2.45) is 7.05 Å². The first-order chi connectivity index (χ1) is 10.1. The Kier molecular flexibility index (Phi) is 3.92. The van der Waals surface area contributed by atoms with E-state index < -0.39 is 0 Å². The fourth-order valence-corrected chi connectivity index (χ4v) is 2.93. The predicted molar refractivity (Wildman–Crippen MR) is 85.2 cm³/mol. The van der Waals surface area contributed by atoms with Crippen molar-refractivity contribution in [3.63, 3.8) is 0 Å². The average molecular weight is 285 g/mol. The van der Waals surface area contributed by atoms with Gasteiger partial charge in [-0.25, -0.2) is 0 Å². The molecule has 1 unspecified atom stereocenters. The minimum absolute atomic E-state index is 0.502. The molecule has 2 aromatic rings. The van der Waals surface area contributed by atoms with Gasteiger partial charge in [0, 0.05) is 43.5 Å². The second-order valence-corrected chi connectivity index (χ2v) is 6.03. The summed E-state index contributed by atoms with van der Waals surface area (Å²) in [6.07, 6.45) is 2.92. The summed E-state index contributed by atoms with van der Waals surface area (Å²) in [5.41, 5.74) is 2.25. The van der Waals surface area contributed by atoms with E-state index in [0.29, 0.717) is 12.1 Å². The third-order valence-electron chi connectivity index (χ3n) is 4.19. The topological polar surface area (TPSA) is 46.0 Å². The molecule has 1 N–H and O–H groups in total. The molecule has 3 rings (SSSR count). The summed E-state index contributed by atoms with van der Waals surface area (Å²) in [6, 6.07) is 9.46. The number of anilines is 1. The molecular formula is C16H23N5. The Morgan fingerprint density at radius 3 is 2.76 bits per heavy atom. The standard InChI is InChI=1S/C16H23N5/c1-12(2)21-9-8-13(10-21)18-15-7-5-4-6-14(15)16-19-17-11-20(16)3/h4-7,11-13,18H,8-10H2,1-3H3. The second kappa shape index (κ2) is 5.85. The summed E-state index contributed by atoms with van der Waals surface area (Å²) in [6.45, 7) is 6.79. The van der Waals surface area contributed by atoms with E-state index in [4.69, 9.17) is 0 Å². The van der Waals surface area contributed by atoms with Gasteiger partial charge in [-0.15, -0.1) is 10.2 Å². The van der Waals surface area contributed by atoms with Crippen LogP contribution in [-0.2, 0) is 7.05 Å². The fourth-order valence-electron chi connectivity index (χ4n) is 2.93. The summed E-state index contributed by atoms with van der Waals surface area (Å²) >= 11 is 0. The Morgan fingerprint density at radius 1 is 1.29 bits per heavy atom. The normalized spacial score (nSPS) is 19.3. The molecule has 0 aliphatic carbocycles. The van der Waals surface area contributed by atoms with Gasteiger partial charge in [0.2, 0.25) is 0 Å². The molecule has 5 heteroatoms. The Labute approximate surface area is 126 Å². The van der Waals surface area contributed by atoms with Gasteiger partial charge in [0.1, 0.15) is 6.33 Å². The largest absolute Gasteiger partial charge is 0.380 e. The van der Waals surface area contributed by atoms with Crippen LogP contribution in [-0.4, -0.2) is 44.8 Å². The van der Waals surface area contributed by atoms with Crippen LogP contribution in [0.4, 0.5) is 5.69 Å². The van der Waals surface area contributed by atoms with Gasteiger partial charge in [-0.3, -0.25) is 4.90 Å². The van der Waals surface area contributed by atoms with E-state index in [2.05, 4.69) is 52.5 Å². The first-order valence-corrected chi connectivity index (χ1v) is 7.59. The molecule has 5 nitrogen and oxygen atoms in total. The van der Waals surface area contributed by atoms with E-state index in [-0.39, 0.29) is 0 Å². The first-order valence-electron chi connectivity index (χ1n) is 7.59. The van der Waals surface area contributed by atoms with Crippen molar-refractivity contribution in [1.29, 1.82) is 0 Å². The minimum atomic E-state index is 0.502. The Hall–Kier alpha value is -1.88. The molecule has 1 aliphatic heterocycles. The molecule has 0 radical (unpaired) electrons. The van der Waals surface area contributed by atoms with Crippen molar-refractivity contribution in [3.8, 4) is 11.4 Å². The number of aryl methyl sites for hydroxylation is 1. The Balaban J connectivity index is 1.79. The maximum atomic E-state index is 4.23. The lowest BCUT2D eigenvalue weighted by Gasteiger charge is -2.21. The second-order valence-electron chi connectivity index (χ2n) is 6.03. The van der Waals surface area contributed by atoms with Gasteiger partial charge in [-0.1, -0.05) is 12.1 Å². The zero-order valence-electron chi connectivity index (χ0n) is 13.0. The monoisotopic (exact) mass is 285 g/mol. The van der Waals surface area contributed by atoms with Crippen LogP contribution >= 0.6 is 0 Å². The minimum Gasteiger partial charge on any atom is -0.380 e. The van der Waals surface area contributed by atoms with Crippen LogP contribution in [0.25, 0.3) is 11.4 Å². The third kappa shape index (κ3) is 2.93. The highest BCUT2D eigenvalue weighted by Gasteiger charge is 2.24. The van der Waals surface area contributed by atoms with Gasteiger partial charge in [-0.05, 0) is 32.4 Å². The summed E-state index contributed by atoms with van der Waals surface area (Å²) < 4.78 is 1.95. The summed E-state index contributed by atoms with van der Waals surface area (Å²) in [5, 5.41) is 11.9. The molecule has 1 aliphatic rings. The molecule has 0 saturated carbocycles. The fraction of sp³-hybridized carbons (Fsp3) is 0.500. The molecule has 21 heavy (non-hydrogen) atoms. The summed E-state index contributed by atoms with van der Waals surface area (Å²) in [5.74, 6) is 0.900. The van der Waals surface area contributed by atoms with E-state index in [1.165, 1.54) is 13.0 Å². The molecular weight excluding hydrogens is 262 g/mol. The van der Waals surface area contributed by atoms with Crippen LogP contribution in [0, 0.1) is 0 Å². The summed E-state index contributed by atoms with van der Waals surface area (Å²) in [7, 11) is 1.97. The third-order valence-corrected chi connectivity index (χ3v) is 4.19. The van der Waals surface area contributed by atoms with Crippen molar-refractivity contribution in [3.05, 3.63) is 30.6 Å². The molecule has 2 heterocycles. The molecule has 1 saturated heterocycles. The van der Waals surface area contributed by atoms with Gasteiger partial charge < -0.3 is 9.88 Å². The zero-order valence-corrected chi connectivity index (χ0v) is 13.0. The van der Waals surface area contributed by atoms with E-state index in [1.807, 2.05) is 17.7 Å². The van der Waals surface area contributed by atoms with Crippen molar-refractivity contribution in [1.82, 2.24) is 19.7 Å². The van der Waals surface area contributed by atoms with E-state index in [0.717, 1.165) is 23.6 Å². The highest BCUT2D eigenvalue weighted by Crippen LogP contribution is 2.27. The van der Waals surface area contributed by atoms with Crippen LogP contribution in [0.2, 0.25) is 0 Å².